The summed E-state index contributed by atoms with van der Waals surface area (Å²) in [5, 5.41) is 3.53. The molecule has 0 aliphatic rings. The Morgan fingerprint density at radius 3 is 2.68 bits per heavy atom. The molecule has 1 atom stereocenters. The van der Waals surface area contributed by atoms with E-state index in [0.29, 0.717) is 0 Å². The van der Waals surface area contributed by atoms with E-state index in [1.807, 2.05) is 23.5 Å². The molecule has 0 aromatic carbocycles. The second kappa shape index (κ2) is 6.37. The third-order valence-corrected chi connectivity index (χ3v) is 4.30. The summed E-state index contributed by atoms with van der Waals surface area (Å²) in [6.45, 7) is 6.15. The van der Waals surface area contributed by atoms with Gasteiger partial charge in [-0.05, 0) is 51.7 Å². The van der Waals surface area contributed by atoms with Gasteiger partial charge in [-0.2, -0.15) is 0 Å². The maximum Gasteiger partial charge on any atom is 0.122 e. The molecule has 0 bridgehead atoms. The minimum Gasteiger partial charge on any atom is -0.468 e. The van der Waals surface area contributed by atoms with Crippen LogP contribution in [0.5, 0.6) is 0 Å². The van der Waals surface area contributed by atoms with Crippen molar-refractivity contribution in [2.45, 2.75) is 26.4 Å². The zero-order chi connectivity index (χ0) is 13.8. The van der Waals surface area contributed by atoms with Gasteiger partial charge in [0.2, 0.25) is 0 Å². The summed E-state index contributed by atoms with van der Waals surface area (Å²) >= 11 is 1.86. The number of likely N-dealkylation sites (N-methyl/N-ethyl adjacent to an activating group) is 1. The first-order valence-electron chi connectivity index (χ1n) is 6.54. The number of furan rings is 1. The molecule has 2 aromatic heterocycles. The largest absolute Gasteiger partial charge is 0.468 e. The second-order valence-corrected chi connectivity index (χ2v) is 6.52. The van der Waals surface area contributed by atoms with E-state index in [9.17, 15) is 0 Å². The van der Waals surface area contributed by atoms with Crippen molar-refractivity contribution < 1.29 is 4.42 Å². The van der Waals surface area contributed by atoms with E-state index in [4.69, 9.17) is 4.42 Å². The van der Waals surface area contributed by atoms with Crippen molar-refractivity contribution in [1.82, 2.24) is 10.2 Å². The second-order valence-electron chi connectivity index (χ2n) is 5.06. The molecule has 1 unspecified atom stereocenters. The maximum absolute atomic E-state index is 5.51. The van der Waals surface area contributed by atoms with Crippen molar-refractivity contribution >= 4 is 11.3 Å². The van der Waals surface area contributed by atoms with E-state index < -0.39 is 0 Å². The zero-order valence-electron chi connectivity index (χ0n) is 12.1. The zero-order valence-corrected chi connectivity index (χ0v) is 12.9. The lowest BCUT2D eigenvalue weighted by molar-refractivity contribution is 0.250. The lowest BCUT2D eigenvalue weighted by Crippen LogP contribution is -2.30. The number of rotatable bonds is 6. The van der Waals surface area contributed by atoms with Crippen LogP contribution in [0, 0.1) is 13.8 Å². The van der Waals surface area contributed by atoms with E-state index in [2.05, 4.69) is 44.2 Å². The van der Waals surface area contributed by atoms with Crippen molar-refractivity contribution in [3.63, 3.8) is 0 Å². The molecule has 0 spiro atoms. The lowest BCUT2D eigenvalue weighted by atomic mass is 10.2. The molecular weight excluding hydrogens is 256 g/mol. The molecular formula is C15H22N2OS. The number of hydrogen-bond donors (Lipinski definition) is 1. The lowest BCUT2D eigenvalue weighted by Gasteiger charge is -2.22. The summed E-state index contributed by atoms with van der Waals surface area (Å²) in [6, 6.07) is 6.52. The van der Waals surface area contributed by atoms with Crippen LogP contribution in [0.1, 0.15) is 27.1 Å². The van der Waals surface area contributed by atoms with Crippen LogP contribution in [0.25, 0.3) is 0 Å². The molecule has 19 heavy (non-hydrogen) atoms. The van der Waals surface area contributed by atoms with Gasteiger partial charge in [0.05, 0.1) is 12.3 Å². The van der Waals surface area contributed by atoms with E-state index in [1.165, 1.54) is 15.3 Å². The summed E-state index contributed by atoms with van der Waals surface area (Å²) in [6.07, 6.45) is 1.73. The fraction of sp³-hybridized carbons (Fsp3) is 0.467. The molecule has 4 heteroatoms. The SMILES string of the molecule is Cc1cc(CNCC(c2ccco2)N(C)C)c(C)s1. The summed E-state index contributed by atoms with van der Waals surface area (Å²) in [5.41, 5.74) is 1.40. The van der Waals surface area contributed by atoms with Gasteiger partial charge in [0.1, 0.15) is 5.76 Å². The molecule has 0 amide bonds. The first kappa shape index (κ1) is 14.3. The molecule has 104 valence electrons. The molecule has 2 heterocycles. The van der Waals surface area contributed by atoms with Gasteiger partial charge < -0.3 is 9.73 Å². The highest BCUT2D eigenvalue weighted by Gasteiger charge is 2.16. The number of aryl methyl sites for hydroxylation is 2. The van der Waals surface area contributed by atoms with Crippen LogP contribution in [0.15, 0.2) is 28.9 Å². The molecule has 0 aliphatic heterocycles. The highest BCUT2D eigenvalue weighted by atomic mass is 32.1. The van der Waals surface area contributed by atoms with Gasteiger partial charge in [-0.15, -0.1) is 11.3 Å². The Hall–Kier alpha value is -1.10. The van der Waals surface area contributed by atoms with Crippen LogP contribution in [0.3, 0.4) is 0 Å². The van der Waals surface area contributed by atoms with Gasteiger partial charge >= 0.3 is 0 Å². The Bertz CT molecular complexity index is 502. The fourth-order valence-electron chi connectivity index (χ4n) is 2.22. The van der Waals surface area contributed by atoms with E-state index >= 15 is 0 Å². The average molecular weight is 278 g/mol. The number of nitrogens with one attached hydrogen (secondary N) is 1. The molecule has 0 fully saturated rings. The highest BCUT2D eigenvalue weighted by Crippen LogP contribution is 2.21. The number of thiophene rings is 1. The van der Waals surface area contributed by atoms with Gasteiger partial charge in [0.15, 0.2) is 0 Å². The minimum absolute atomic E-state index is 0.273. The van der Waals surface area contributed by atoms with E-state index in [1.54, 1.807) is 6.26 Å². The van der Waals surface area contributed by atoms with Crippen molar-refractivity contribution in [3.8, 4) is 0 Å². The monoisotopic (exact) mass is 278 g/mol. The van der Waals surface area contributed by atoms with Gasteiger partial charge in [0, 0.05) is 22.8 Å². The van der Waals surface area contributed by atoms with Gasteiger partial charge in [-0.1, -0.05) is 0 Å². The Labute approximate surface area is 119 Å². The molecule has 3 nitrogen and oxygen atoms in total. The minimum atomic E-state index is 0.273. The molecule has 0 radical (unpaired) electrons. The van der Waals surface area contributed by atoms with Crippen LogP contribution < -0.4 is 5.32 Å². The standard InChI is InChI=1S/C15H22N2OS/c1-11-8-13(12(2)19-11)9-16-10-14(17(3)4)15-6-5-7-18-15/h5-8,14,16H,9-10H2,1-4H3. The summed E-state index contributed by atoms with van der Waals surface area (Å²) in [7, 11) is 4.16. The smallest absolute Gasteiger partial charge is 0.122 e. The van der Waals surface area contributed by atoms with E-state index in [0.717, 1.165) is 18.8 Å². The van der Waals surface area contributed by atoms with Crippen molar-refractivity contribution in [3.05, 3.63) is 45.5 Å². The third kappa shape index (κ3) is 3.69. The van der Waals surface area contributed by atoms with E-state index in [-0.39, 0.29) is 6.04 Å². The summed E-state index contributed by atoms with van der Waals surface area (Å²) in [5.74, 6) is 1.01. The van der Waals surface area contributed by atoms with Crippen LogP contribution >= 0.6 is 11.3 Å². The average Bonchev–Trinajstić information content (AvgIpc) is 2.94. The first-order valence-corrected chi connectivity index (χ1v) is 7.36. The van der Waals surface area contributed by atoms with Gasteiger partial charge in [0.25, 0.3) is 0 Å². The highest BCUT2D eigenvalue weighted by molar-refractivity contribution is 7.12. The normalized spacial score (nSPS) is 13.1. The van der Waals surface area contributed by atoms with Crippen LogP contribution in [-0.4, -0.2) is 25.5 Å². The maximum atomic E-state index is 5.51. The predicted molar refractivity (Wildman–Crippen MR) is 80.6 cm³/mol. The first-order chi connectivity index (χ1) is 9.08. The van der Waals surface area contributed by atoms with Crippen LogP contribution in [0.4, 0.5) is 0 Å². The quantitative estimate of drug-likeness (QED) is 0.878. The molecule has 0 saturated heterocycles. The Morgan fingerprint density at radius 2 is 2.16 bits per heavy atom. The molecule has 0 saturated carbocycles. The predicted octanol–water partition coefficient (Wildman–Crippen LogP) is 3.35. The molecule has 2 rings (SSSR count). The van der Waals surface area contributed by atoms with Crippen molar-refractivity contribution in [2.75, 3.05) is 20.6 Å². The van der Waals surface area contributed by atoms with Gasteiger partial charge in [-0.3, -0.25) is 4.90 Å². The molecule has 1 N–H and O–H groups in total. The Balaban J connectivity index is 1.91. The van der Waals surface area contributed by atoms with Crippen molar-refractivity contribution in [1.29, 1.82) is 0 Å². The molecule has 2 aromatic rings. The Morgan fingerprint density at radius 1 is 1.37 bits per heavy atom. The van der Waals surface area contributed by atoms with Gasteiger partial charge in [-0.25, -0.2) is 0 Å². The van der Waals surface area contributed by atoms with Crippen LogP contribution in [0.2, 0.25) is 0 Å². The Kier molecular flexibility index (Phi) is 4.80. The topological polar surface area (TPSA) is 28.4 Å². The number of hydrogen-bond acceptors (Lipinski definition) is 4. The number of nitrogens with zero attached hydrogens (tertiary/aromatic N) is 1. The summed E-state index contributed by atoms with van der Waals surface area (Å²) < 4.78 is 5.51. The van der Waals surface area contributed by atoms with Crippen molar-refractivity contribution in [2.24, 2.45) is 0 Å². The fourth-order valence-corrected chi connectivity index (χ4v) is 3.17. The molecule has 0 aliphatic carbocycles. The van der Waals surface area contributed by atoms with Crippen LogP contribution in [-0.2, 0) is 6.54 Å². The summed E-state index contributed by atoms with van der Waals surface area (Å²) in [4.78, 5) is 4.96. The third-order valence-electron chi connectivity index (χ3n) is 3.29.